The lowest BCUT2D eigenvalue weighted by atomic mass is 10.3. The first kappa shape index (κ1) is 18.0. The number of aryl methyl sites for hydroxylation is 1. The van der Waals surface area contributed by atoms with Gasteiger partial charge in [0.2, 0.25) is 20.0 Å². The largest absolute Gasteiger partial charge is 0.264 e. The van der Waals surface area contributed by atoms with Crippen LogP contribution < -0.4 is 9.44 Å². The van der Waals surface area contributed by atoms with E-state index in [9.17, 15) is 16.8 Å². The molecule has 0 aliphatic carbocycles. The Morgan fingerprint density at radius 1 is 1.13 bits per heavy atom. The molecule has 0 aliphatic heterocycles. The highest BCUT2D eigenvalue weighted by atomic mass is 32.2. The van der Waals surface area contributed by atoms with E-state index in [2.05, 4.69) is 14.4 Å². The molecular weight excluding hydrogens is 358 g/mol. The molecule has 23 heavy (non-hydrogen) atoms. The fraction of sp³-hybridized carbons (Fsp3) is 0.308. The first-order valence-electron chi connectivity index (χ1n) is 6.71. The predicted octanol–water partition coefficient (Wildman–Crippen LogP) is 0.849. The Morgan fingerprint density at radius 3 is 2.52 bits per heavy atom. The van der Waals surface area contributed by atoms with E-state index in [0.717, 1.165) is 21.8 Å². The van der Waals surface area contributed by atoms with Gasteiger partial charge in [0.15, 0.2) is 0 Å². The number of nitrogens with zero attached hydrogens (tertiary/aromatic N) is 1. The van der Waals surface area contributed by atoms with Gasteiger partial charge in [-0.3, -0.25) is 4.98 Å². The van der Waals surface area contributed by atoms with Crippen LogP contribution in [0, 0.1) is 6.92 Å². The van der Waals surface area contributed by atoms with Crippen LogP contribution in [0.2, 0.25) is 0 Å². The minimum absolute atomic E-state index is 0.118. The van der Waals surface area contributed by atoms with Gasteiger partial charge < -0.3 is 0 Å². The minimum atomic E-state index is -3.66. The number of nitrogens with one attached hydrogen (secondary N) is 2. The van der Waals surface area contributed by atoms with Crippen LogP contribution in [0.15, 0.2) is 40.9 Å². The lowest BCUT2D eigenvalue weighted by molar-refractivity contribution is 0.575. The van der Waals surface area contributed by atoms with E-state index in [1.807, 2.05) is 0 Å². The molecule has 2 aromatic rings. The number of aromatic nitrogens is 1. The van der Waals surface area contributed by atoms with Crippen LogP contribution in [-0.4, -0.2) is 34.1 Å². The average Bonchev–Trinajstić information content (AvgIpc) is 2.93. The Kier molecular flexibility index (Phi) is 5.87. The summed E-state index contributed by atoms with van der Waals surface area (Å²) in [7, 11) is -7.24. The molecule has 0 radical (unpaired) electrons. The molecule has 0 saturated heterocycles. The molecule has 126 valence electrons. The average molecular weight is 375 g/mol. The number of hydrogen-bond donors (Lipinski definition) is 2. The molecular formula is C13H17N3O4S3. The van der Waals surface area contributed by atoms with Gasteiger partial charge in [-0.1, -0.05) is 6.07 Å². The maximum Gasteiger partial charge on any atom is 0.250 e. The summed E-state index contributed by atoms with van der Waals surface area (Å²) in [5.41, 5.74) is 0.728. The molecule has 0 atom stereocenters. The van der Waals surface area contributed by atoms with Crippen LogP contribution >= 0.6 is 11.3 Å². The van der Waals surface area contributed by atoms with Gasteiger partial charge in [-0.15, -0.1) is 11.3 Å². The number of rotatable bonds is 8. The molecule has 0 spiro atoms. The minimum Gasteiger partial charge on any atom is -0.264 e. The normalized spacial score (nSPS) is 12.4. The Balaban J connectivity index is 1.85. The quantitative estimate of drug-likeness (QED) is 0.712. The molecule has 0 unspecified atom stereocenters. The molecule has 0 amide bonds. The zero-order valence-corrected chi connectivity index (χ0v) is 14.8. The van der Waals surface area contributed by atoms with Crippen molar-refractivity contribution in [1.82, 2.24) is 14.4 Å². The Morgan fingerprint density at radius 2 is 1.91 bits per heavy atom. The van der Waals surface area contributed by atoms with Crippen molar-refractivity contribution >= 4 is 31.4 Å². The van der Waals surface area contributed by atoms with Crippen LogP contribution in [0.25, 0.3) is 0 Å². The third-order valence-electron chi connectivity index (χ3n) is 2.86. The first-order chi connectivity index (χ1) is 10.8. The summed E-state index contributed by atoms with van der Waals surface area (Å²) in [6, 6.07) is 6.65. The van der Waals surface area contributed by atoms with E-state index in [4.69, 9.17) is 0 Å². The molecule has 0 bridgehead atoms. The number of sulfonamides is 2. The summed E-state index contributed by atoms with van der Waals surface area (Å²) < 4.78 is 52.6. The third-order valence-corrected chi connectivity index (χ3v) is 7.14. The molecule has 2 N–H and O–H groups in total. The van der Waals surface area contributed by atoms with E-state index in [0.29, 0.717) is 0 Å². The van der Waals surface area contributed by atoms with E-state index in [-0.39, 0.29) is 23.1 Å². The molecule has 2 rings (SSSR count). The zero-order chi connectivity index (χ0) is 16.9. The van der Waals surface area contributed by atoms with Crippen molar-refractivity contribution in [1.29, 1.82) is 0 Å². The smallest absolute Gasteiger partial charge is 0.250 e. The van der Waals surface area contributed by atoms with Gasteiger partial charge in [0.05, 0.1) is 5.75 Å². The molecule has 2 heterocycles. The molecule has 2 aromatic heterocycles. The van der Waals surface area contributed by atoms with Crippen LogP contribution in [0.1, 0.15) is 10.4 Å². The van der Waals surface area contributed by atoms with Crippen LogP contribution in [0.5, 0.6) is 0 Å². The number of hydrogen-bond acceptors (Lipinski definition) is 6. The van der Waals surface area contributed by atoms with Crippen molar-refractivity contribution in [2.75, 3.05) is 12.3 Å². The summed E-state index contributed by atoms with van der Waals surface area (Å²) in [6.45, 7) is 1.73. The highest BCUT2D eigenvalue weighted by molar-refractivity contribution is 7.92. The van der Waals surface area contributed by atoms with Crippen LogP contribution in [0.3, 0.4) is 0 Å². The summed E-state index contributed by atoms with van der Waals surface area (Å²) in [5.74, 6) is -0.336. The highest BCUT2D eigenvalue weighted by Crippen LogP contribution is 2.19. The summed E-state index contributed by atoms with van der Waals surface area (Å²) in [6.07, 6.45) is 3.16. The van der Waals surface area contributed by atoms with Gasteiger partial charge in [0, 0.05) is 30.4 Å². The number of thiophene rings is 1. The zero-order valence-electron chi connectivity index (χ0n) is 12.4. The third kappa shape index (κ3) is 5.66. The second-order valence-electron chi connectivity index (χ2n) is 4.76. The standard InChI is InChI=1S/C13H17N3O4S3/c1-11-4-5-13(21-11)23(19,20)15-7-8-22(17,18)16-10-12-3-2-6-14-9-12/h2-6,9,15-16H,7-8,10H2,1H3. The van der Waals surface area contributed by atoms with Gasteiger partial charge in [-0.05, 0) is 30.7 Å². The van der Waals surface area contributed by atoms with Crippen molar-refractivity contribution in [3.63, 3.8) is 0 Å². The second kappa shape index (κ2) is 7.49. The molecule has 7 nitrogen and oxygen atoms in total. The lowest BCUT2D eigenvalue weighted by Crippen LogP contribution is -2.34. The first-order valence-corrected chi connectivity index (χ1v) is 10.7. The van der Waals surface area contributed by atoms with Crippen molar-refractivity contribution in [3.8, 4) is 0 Å². The Labute approximate surface area is 139 Å². The molecule has 0 saturated carbocycles. The fourth-order valence-corrected chi connectivity index (χ4v) is 5.10. The van der Waals surface area contributed by atoms with Crippen molar-refractivity contribution in [2.24, 2.45) is 0 Å². The van der Waals surface area contributed by atoms with Crippen molar-refractivity contribution < 1.29 is 16.8 Å². The fourth-order valence-electron chi connectivity index (χ4n) is 1.71. The molecule has 0 aliphatic rings. The second-order valence-corrected chi connectivity index (χ2v) is 9.97. The van der Waals surface area contributed by atoms with E-state index in [1.165, 1.54) is 6.07 Å². The Hall–Kier alpha value is -1.33. The molecule has 10 heteroatoms. The van der Waals surface area contributed by atoms with Gasteiger partial charge >= 0.3 is 0 Å². The van der Waals surface area contributed by atoms with Crippen LogP contribution in [0.4, 0.5) is 0 Å². The monoisotopic (exact) mass is 375 g/mol. The highest BCUT2D eigenvalue weighted by Gasteiger charge is 2.17. The predicted molar refractivity (Wildman–Crippen MR) is 89.1 cm³/mol. The van der Waals surface area contributed by atoms with Gasteiger partial charge in [-0.2, -0.15) is 0 Å². The van der Waals surface area contributed by atoms with Crippen molar-refractivity contribution in [2.45, 2.75) is 17.7 Å². The van der Waals surface area contributed by atoms with Crippen molar-refractivity contribution in [3.05, 3.63) is 47.1 Å². The Bertz CT molecular complexity index is 846. The molecule has 0 fully saturated rings. The van der Waals surface area contributed by atoms with E-state index >= 15 is 0 Å². The van der Waals surface area contributed by atoms with E-state index in [1.54, 1.807) is 37.5 Å². The summed E-state index contributed by atoms with van der Waals surface area (Å²) in [5, 5.41) is 0. The summed E-state index contributed by atoms with van der Waals surface area (Å²) in [4.78, 5) is 4.76. The maximum absolute atomic E-state index is 12.0. The van der Waals surface area contributed by atoms with Crippen LogP contribution in [-0.2, 0) is 26.6 Å². The summed E-state index contributed by atoms with van der Waals surface area (Å²) >= 11 is 1.14. The SMILES string of the molecule is Cc1ccc(S(=O)(=O)NCCS(=O)(=O)NCc2cccnc2)s1. The number of pyridine rings is 1. The van der Waals surface area contributed by atoms with Gasteiger partial charge in [0.1, 0.15) is 4.21 Å². The molecule has 0 aromatic carbocycles. The van der Waals surface area contributed by atoms with E-state index < -0.39 is 20.0 Å². The van der Waals surface area contributed by atoms with Gasteiger partial charge in [0.25, 0.3) is 0 Å². The maximum atomic E-state index is 12.0. The topological polar surface area (TPSA) is 105 Å². The van der Waals surface area contributed by atoms with Gasteiger partial charge in [-0.25, -0.2) is 26.3 Å². The lowest BCUT2D eigenvalue weighted by Gasteiger charge is -2.07.